The summed E-state index contributed by atoms with van der Waals surface area (Å²) in [6.45, 7) is -4.28. The Hall–Kier alpha value is -5.07. The molecule has 1 atom stereocenters. The Morgan fingerprint density at radius 3 is 2.30 bits per heavy atom. The summed E-state index contributed by atoms with van der Waals surface area (Å²) in [5.41, 5.74) is -0.981. The van der Waals surface area contributed by atoms with Gasteiger partial charge in [-0.1, -0.05) is 35.3 Å². The molecule has 6 rings (SSSR count). The molecule has 3 heterocycles. The van der Waals surface area contributed by atoms with E-state index in [2.05, 4.69) is 14.7 Å². The van der Waals surface area contributed by atoms with Crippen LogP contribution in [0.5, 0.6) is 11.5 Å². The number of benzene rings is 2. The standard InChI is InChI=1S/C36H29Cl2F5N4O8S/c1-56(51,52)47(16-20-4-9-31(45-13-20)36(41,42)43)22-6-7-23-24(11-22)34(50)46(33(23)49)17-32(48)54-29(12-25-26(37)14-44-15-27(25)38)21-5-8-28(55-35(39)40)30(10-21)53-18-19-2-3-19/h4-11,13-15,19,29,35H,2-3,12,16-18H2,1H3/p+1/t29-/m0/s1. The van der Waals surface area contributed by atoms with Gasteiger partial charge in [-0.3, -0.25) is 28.6 Å². The lowest BCUT2D eigenvalue weighted by Gasteiger charge is -2.23. The number of anilines is 1. The van der Waals surface area contributed by atoms with Gasteiger partial charge >= 0.3 is 18.8 Å². The Kier molecular flexibility index (Phi) is 11.7. The number of imide groups is 1. The number of H-pyrrole nitrogens is 1. The second-order valence-electron chi connectivity index (χ2n) is 12.9. The number of aromatic nitrogens is 2. The van der Waals surface area contributed by atoms with E-state index in [-0.39, 0.29) is 68.4 Å². The largest absolute Gasteiger partial charge is 0.489 e. The number of hydrogen-bond donors (Lipinski definition) is 0. The number of sulfonamides is 1. The van der Waals surface area contributed by atoms with Crippen molar-refractivity contribution in [2.45, 2.75) is 44.7 Å². The molecule has 1 aliphatic carbocycles. The van der Waals surface area contributed by atoms with Gasteiger partial charge in [0, 0.05) is 18.2 Å². The first-order chi connectivity index (χ1) is 26.4. The molecule has 1 fully saturated rings. The lowest BCUT2D eigenvalue weighted by atomic mass is 10.0. The summed E-state index contributed by atoms with van der Waals surface area (Å²) in [5, 5.41) is 0.352. The van der Waals surface area contributed by atoms with Crippen molar-refractivity contribution in [2.75, 3.05) is 23.7 Å². The average Bonchev–Trinajstić information content (AvgIpc) is 3.93. The molecule has 1 aliphatic heterocycles. The van der Waals surface area contributed by atoms with Crippen molar-refractivity contribution in [2.24, 2.45) is 5.92 Å². The van der Waals surface area contributed by atoms with Crippen LogP contribution in [-0.4, -0.2) is 62.1 Å². The molecule has 4 aromatic rings. The lowest BCUT2D eigenvalue weighted by molar-refractivity contribution is -0.377. The zero-order valence-electron chi connectivity index (χ0n) is 29.0. The molecular weight excluding hydrogens is 814 g/mol. The van der Waals surface area contributed by atoms with Crippen LogP contribution in [0.2, 0.25) is 10.0 Å². The van der Waals surface area contributed by atoms with Crippen molar-refractivity contribution in [1.29, 1.82) is 0 Å². The molecule has 20 heteroatoms. The van der Waals surface area contributed by atoms with Crippen molar-refractivity contribution >= 4 is 56.7 Å². The fourth-order valence-electron chi connectivity index (χ4n) is 5.76. The first-order valence-corrected chi connectivity index (χ1v) is 19.2. The van der Waals surface area contributed by atoms with Gasteiger partial charge in [-0.05, 0) is 66.3 Å². The van der Waals surface area contributed by atoms with Gasteiger partial charge in [0.15, 0.2) is 23.9 Å². The molecule has 2 amide bonds. The maximum Gasteiger partial charge on any atom is 0.433 e. The number of halogens is 7. The van der Waals surface area contributed by atoms with Crippen molar-refractivity contribution < 1.29 is 63.9 Å². The molecule has 1 saturated carbocycles. The SMILES string of the molecule is CS(=O)(=O)N(Cc1ccc(C(F)(F)F)nc1)c1ccc2c(c1)C(=O)N(CC(=O)O[C@@H](Cc1c(Cl)c[nH+]cc1Cl)c1ccc(OC(F)F)c(OCC3CC3)c1)C2=O. The van der Waals surface area contributed by atoms with E-state index in [0.717, 1.165) is 41.7 Å². The number of fused-ring (bicyclic) bond motifs is 1. The highest BCUT2D eigenvalue weighted by molar-refractivity contribution is 7.92. The number of pyridine rings is 2. The predicted molar refractivity (Wildman–Crippen MR) is 189 cm³/mol. The van der Waals surface area contributed by atoms with E-state index in [4.69, 9.17) is 32.7 Å². The highest BCUT2D eigenvalue weighted by Gasteiger charge is 2.39. The van der Waals surface area contributed by atoms with Crippen LogP contribution in [0.4, 0.5) is 27.6 Å². The Morgan fingerprint density at radius 1 is 1.00 bits per heavy atom. The second-order valence-corrected chi connectivity index (χ2v) is 15.6. The minimum atomic E-state index is -4.71. The molecule has 0 saturated heterocycles. The number of amides is 2. The number of alkyl halides is 5. The third-order valence-electron chi connectivity index (χ3n) is 8.76. The zero-order chi connectivity index (χ0) is 40.5. The maximum absolute atomic E-state index is 13.6. The number of carbonyl (C=O) groups is 3. The van der Waals surface area contributed by atoms with Gasteiger partial charge in [0.1, 0.15) is 28.4 Å². The van der Waals surface area contributed by atoms with Gasteiger partial charge < -0.3 is 14.2 Å². The molecule has 1 N–H and O–H groups in total. The molecule has 2 aromatic carbocycles. The number of ether oxygens (including phenoxy) is 3. The van der Waals surface area contributed by atoms with Crippen molar-refractivity contribution in [3.63, 3.8) is 0 Å². The summed E-state index contributed by atoms with van der Waals surface area (Å²) in [6, 6.07) is 9.25. The molecule has 0 radical (unpaired) electrons. The van der Waals surface area contributed by atoms with E-state index < -0.39 is 65.5 Å². The molecule has 2 aromatic heterocycles. The highest BCUT2D eigenvalue weighted by Crippen LogP contribution is 2.38. The highest BCUT2D eigenvalue weighted by atomic mass is 35.5. The van der Waals surface area contributed by atoms with Gasteiger partial charge in [0.25, 0.3) is 11.8 Å². The molecule has 12 nitrogen and oxygen atoms in total. The topological polar surface area (TPSA) is 147 Å². The molecule has 296 valence electrons. The average molecular weight is 845 g/mol. The number of carbonyl (C=O) groups excluding carboxylic acids is 3. The van der Waals surface area contributed by atoms with Crippen LogP contribution in [0.25, 0.3) is 0 Å². The van der Waals surface area contributed by atoms with E-state index in [1.54, 1.807) is 0 Å². The molecule has 0 spiro atoms. The number of rotatable bonds is 15. The fourth-order valence-corrected chi connectivity index (χ4v) is 7.17. The smallest absolute Gasteiger partial charge is 0.433 e. The van der Waals surface area contributed by atoms with Gasteiger partial charge in [-0.15, -0.1) is 0 Å². The van der Waals surface area contributed by atoms with Gasteiger partial charge in [-0.2, -0.15) is 22.0 Å². The minimum Gasteiger partial charge on any atom is -0.489 e. The zero-order valence-corrected chi connectivity index (χ0v) is 31.3. The second kappa shape index (κ2) is 16.2. The van der Waals surface area contributed by atoms with Crippen LogP contribution < -0.4 is 18.8 Å². The van der Waals surface area contributed by atoms with Gasteiger partial charge in [0.05, 0.1) is 36.2 Å². The number of hydrogen-bond acceptors (Lipinski definition) is 9. The summed E-state index contributed by atoms with van der Waals surface area (Å²) in [7, 11) is -4.10. The molecule has 56 heavy (non-hydrogen) atoms. The summed E-state index contributed by atoms with van der Waals surface area (Å²) >= 11 is 12.8. The Bertz CT molecular complexity index is 2260. The van der Waals surface area contributed by atoms with Crippen LogP contribution in [0.3, 0.4) is 0 Å². The van der Waals surface area contributed by atoms with Gasteiger partial charge in [-0.25, -0.2) is 13.4 Å². The number of aromatic amines is 1. The Morgan fingerprint density at radius 2 is 1.70 bits per heavy atom. The van der Waals surface area contributed by atoms with Crippen molar-refractivity contribution in [3.05, 3.63) is 111 Å². The van der Waals surface area contributed by atoms with Crippen molar-refractivity contribution in [1.82, 2.24) is 9.88 Å². The van der Waals surface area contributed by atoms with E-state index in [9.17, 15) is 44.8 Å². The van der Waals surface area contributed by atoms with Crippen LogP contribution in [0, 0.1) is 5.92 Å². The van der Waals surface area contributed by atoms with Crippen LogP contribution >= 0.6 is 23.2 Å². The quantitative estimate of drug-likeness (QED) is 0.0725. The summed E-state index contributed by atoms with van der Waals surface area (Å²) < 4.78 is 108. The molecule has 2 aliphatic rings. The van der Waals surface area contributed by atoms with E-state index >= 15 is 0 Å². The summed E-state index contributed by atoms with van der Waals surface area (Å²) in [4.78, 5) is 47.2. The maximum atomic E-state index is 13.6. The Labute approximate surface area is 326 Å². The Balaban J connectivity index is 1.24. The molecule has 0 unspecified atom stereocenters. The number of nitrogens with one attached hydrogen (secondary N) is 1. The lowest BCUT2D eigenvalue weighted by Crippen LogP contribution is -2.36. The normalized spacial score (nSPS) is 14.8. The van der Waals surface area contributed by atoms with Gasteiger partial charge in [0.2, 0.25) is 10.0 Å². The van der Waals surface area contributed by atoms with Crippen LogP contribution in [-0.2, 0) is 38.7 Å². The fraction of sp³-hybridized carbons (Fsp3) is 0.306. The van der Waals surface area contributed by atoms with Crippen molar-refractivity contribution in [3.8, 4) is 11.5 Å². The minimum absolute atomic E-state index is 0.0387. The predicted octanol–water partition coefficient (Wildman–Crippen LogP) is 6.70. The molecular formula is C36H30Cl2F5N4O8S+. The summed E-state index contributed by atoms with van der Waals surface area (Å²) in [5.74, 6) is -2.97. The van der Waals surface area contributed by atoms with E-state index in [1.165, 1.54) is 42.7 Å². The van der Waals surface area contributed by atoms with Crippen LogP contribution in [0.1, 0.15) is 62.0 Å². The first kappa shape index (κ1) is 40.6. The number of esters is 1. The third-order valence-corrected chi connectivity index (χ3v) is 10.6. The first-order valence-electron chi connectivity index (χ1n) is 16.6. The monoisotopic (exact) mass is 843 g/mol. The van der Waals surface area contributed by atoms with E-state index in [1.807, 2.05) is 0 Å². The van der Waals surface area contributed by atoms with E-state index in [0.29, 0.717) is 16.5 Å². The summed E-state index contributed by atoms with van der Waals surface area (Å²) in [6.07, 6.45) is 0.327. The molecule has 0 bridgehead atoms. The third kappa shape index (κ3) is 9.47. The van der Waals surface area contributed by atoms with Crippen LogP contribution in [0.15, 0.2) is 67.1 Å². The number of nitrogens with zero attached hydrogens (tertiary/aromatic N) is 3.